The Labute approximate surface area is 197 Å². The van der Waals surface area contributed by atoms with Crippen molar-refractivity contribution in [2.45, 2.75) is 51.4 Å². The maximum Gasteiger partial charge on any atom is -0.269 e. The molecule has 0 atom stereocenters. The second kappa shape index (κ2) is 13.5. The van der Waals surface area contributed by atoms with Crippen LogP contribution in [0.2, 0.25) is 0 Å². The average Bonchev–Trinajstić information content (AvgIpc) is 3.40. The van der Waals surface area contributed by atoms with Gasteiger partial charge in [0.1, 0.15) is 0 Å². The molecule has 0 unspecified atom stereocenters. The van der Waals surface area contributed by atoms with Gasteiger partial charge in [-0.3, -0.25) is 9.41 Å². The van der Waals surface area contributed by atoms with E-state index in [0.717, 1.165) is 0 Å². The van der Waals surface area contributed by atoms with Crippen LogP contribution >= 0.6 is 0 Å². The minimum Gasteiger partial charge on any atom is -0.269 e. The summed E-state index contributed by atoms with van der Waals surface area (Å²) in [7, 11) is 0. The first kappa shape index (κ1) is 25.4. The van der Waals surface area contributed by atoms with Crippen molar-refractivity contribution in [3.63, 3.8) is 0 Å². The van der Waals surface area contributed by atoms with E-state index in [4.69, 9.17) is 0 Å². The minimum absolute atomic E-state index is 0. The molecule has 0 radical (unpaired) electrons. The van der Waals surface area contributed by atoms with E-state index in [1.165, 1.54) is 62.5 Å². The molecule has 4 rings (SSSR count). The van der Waals surface area contributed by atoms with E-state index in [9.17, 15) is 0 Å². The summed E-state index contributed by atoms with van der Waals surface area (Å²) in [4.78, 5) is 0. The number of halogens is 2. The molecule has 162 valence electrons. The topological polar surface area (TPSA) is 0 Å². The molecule has 0 amide bonds. The molecule has 0 spiro atoms. The molecule has 0 fully saturated rings. The molecule has 0 saturated carbocycles. The number of hydrogen-bond donors (Lipinski definition) is 0. The Balaban J connectivity index is 0.00000171. The summed E-state index contributed by atoms with van der Waals surface area (Å²) in [5, 5.41) is 0. The maximum absolute atomic E-state index is 2.43. The number of aryl methyl sites for hydroxylation is 2. The predicted octanol–water partition coefficient (Wildman–Crippen LogP) is 7.85. The third-order valence-corrected chi connectivity index (χ3v) is 9.93. The fourth-order valence-corrected chi connectivity index (χ4v) is 8.06. The van der Waals surface area contributed by atoms with Crippen LogP contribution in [0.3, 0.4) is 0 Å². The average molecular weight is 498 g/mol. The minimum atomic E-state index is -0.605. The van der Waals surface area contributed by atoms with Crippen molar-refractivity contribution in [1.29, 1.82) is 0 Å². The van der Waals surface area contributed by atoms with Crippen molar-refractivity contribution >= 4 is 0 Å². The Morgan fingerprint density at radius 2 is 0.968 bits per heavy atom. The van der Waals surface area contributed by atoms with Crippen molar-refractivity contribution in [1.82, 2.24) is 0 Å². The van der Waals surface area contributed by atoms with E-state index in [2.05, 4.69) is 85.0 Å². The summed E-state index contributed by atoms with van der Waals surface area (Å²) >= 11 is -0.605. The van der Waals surface area contributed by atoms with Crippen LogP contribution < -0.4 is 0 Å². The van der Waals surface area contributed by atoms with E-state index in [-0.39, 0.29) is 9.41 Å². The van der Waals surface area contributed by atoms with E-state index in [0.29, 0.717) is 0 Å². The van der Waals surface area contributed by atoms with Gasteiger partial charge in [0.2, 0.25) is 0 Å². The van der Waals surface area contributed by atoms with Gasteiger partial charge in [-0.2, -0.15) is 0 Å². The molecule has 3 heteroatoms. The fourth-order valence-electron chi connectivity index (χ4n) is 4.27. The van der Waals surface area contributed by atoms with Crippen molar-refractivity contribution in [2.24, 2.45) is 0 Å². The van der Waals surface area contributed by atoms with Gasteiger partial charge in [0.05, 0.1) is 0 Å². The van der Waals surface area contributed by atoms with Crippen LogP contribution in [0.15, 0.2) is 103 Å². The second-order valence-corrected chi connectivity index (χ2v) is 11.6. The van der Waals surface area contributed by atoms with Gasteiger partial charge in [-0.1, -0.05) is 0 Å². The summed E-state index contributed by atoms with van der Waals surface area (Å²) in [5.74, 6) is 0. The normalized spacial score (nSPS) is 14.6. The molecule has 0 heterocycles. The van der Waals surface area contributed by atoms with Crippen LogP contribution in [-0.2, 0) is 36.1 Å². The van der Waals surface area contributed by atoms with E-state index in [1.54, 1.807) is 11.1 Å². The number of rotatable bonds is 10. The summed E-state index contributed by atoms with van der Waals surface area (Å²) in [6.45, 7) is 0. The van der Waals surface area contributed by atoms with Crippen LogP contribution in [0, 0.1) is 0 Å². The molecule has 0 bridgehead atoms. The van der Waals surface area contributed by atoms with E-state index >= 15 is 0 Å². The maximum atomic E-state index is 2.43. The van der Waals surface area contributed by atoms with Crippen molar-refractivity contribution in [2.75, 3.05) is 0 Å². The monoisotopic (exact) mass is 496 g/mol. The van der Waals surface area contributed by atoms with Crippen LogP contribution in [0.4, 0.5) is 9.41 Å². The van der Waals surface area contributed by atoms with Crippen LogP contribution in [0.5, 0.6) is 0 Å². The summed E-state index contributed by atoms with van der Waals surface area (Å²) in [6, 6.07) is 21.9. The fraction of sp³-hybridized carbons (Fsp3) is 0.286. The number of allylic oxidation sites excluding steroid dienone is 8. The van der Waals surface area contributed by atoms with Crippen LogP contribution in [-0.4, -0.2) is 0 Å². The molecule has 0 N–H and O–H groups in total. The standard InChI is InChI=1S/2C14H15.2FH.Zr/c2*1-2-7-13(8-3-1)11-6-12-14-9-4-5-10-14;;;/h2*1-4,7-9H,5-6,11-12H2;2*1H;. The molecular weight excluding hydrogens is 466 g/mol. The van der Waals surface area contributed by atoms with Crippen molar-refractivity contribution in [3.8, 4) is 0 Å². The van der Waals surface area contributed by atoms with Crippen LogP contribution in [0.25, 0.3) is 0 Å². The summed E-state index contributed by atoms with van der Waals surface area (Å²) in [6.07, 6.45) is 19.6. The van der Waals surface area contributed by atoms with Gasteiger partial charge in [-0.05, 0) is 0 Å². The third kappa shape index (κ3) is 7.65. The van der Waals surface area contributed by atoms with Gasteiger partial charge in [0.15, 0.2) is 0 Å². The SMILES string of the molecule is C1=CC(CCCc2ccccc2)=[C]([Zr][C]2=C(CCCc3ccccc3)C=CC2)C1.F.F. The molecule has 2 aliphatic rings. The quantitative estimate of drug-likeness (QED) is 0.313. The van der Waals surface area contributed by atoms with Gasteiger partial charge in [0.25, 0.3) is 0 Å². The zero-order valence-corrected chi connectivity index (χ0v) is 20.5. The van der Waals surface area contributed by atoms with Gasteiger partial charge < -0.3 is 0 Å². The van der Waals surface area contributed by atoms with E-state index in [1.807, 2.05) is 6.56 Å². The van der Waals surface area contributed by atoms with Gasteiger partial charge >= 0.3 is 188 Å². The predicted molar refractivity (Wildman–Crippen MR) is 125 cm³/mol. The van der Waals surface area contributed by atoms with Gasteiger partial charge in [-0.25, -0.2) is 0 Å². The Morgan fingerprint density at radius 3 is 1.39 bits per heavy atom. The van der Waals surface area contributed by atoms with Gasteiger partial charge in [-0.15, -0.1) is 0 Å². The molecule has 0 aliphatic heterocycles. The second-order valence-electron chi connectivity index (χ2n) is 8.02. The molecule has 0 nitrogen and oxygen atoms in total. The number of hydrogen-bond acceptors (Lipinski definition) is 0. The first-order valence-electron chi connectivity index (χ1n) is 11.0. The molecule has 31 heavy (non-hydrogen) atoms. The smallest absolute Gasteiger partial charge is 0.269 e. The first-order valence-corrected chi connectivity index (χ1v) is 13.5. The van der Waals surface area contributed by atoms with Gasteiger partial charge in [0, 0.05) is 0 Å². The third-order valence-electron chi connectivity index (χ3n) is 5.87. The number of benzene rings is 2. The molecule has 2 aliphatic carbocycles. The van der Waals surface area contributed by atoms with E-state index < -0.39 is 23.2 Å². The van der Waals surface area contributed by atoms with Crippen molar-refractivity contribution < 1.29 is 32.6 Å². The first-order chi connectivity index (χ1) is 14.4. The molecule has 0 aromatic heterocycles. The largest absolute Gasteiger partial charge is 0.269 e. The Hall–Kier alpha value is -1.86. The molecule has 0 saturated heterocycles. The summed E-state index contributed by atoms with van der Waals surface area (Å²) < 4.78 is 3.67. The Kier molecular flexibility index (Phi) is 11.1. The Bertz CT molecular complexity index is 846. The zero-order valence-electron chi connectivity index (χ0n) is 18.1. The zero-order chi connectivity index (χ0) is 19.7. The van der Waals surface area contributed by atoms with Crippen LogP contribution in [0.1, 0.15) is 49.7 Å². The summed E-state index contributed by atoms with van der Waals surface area (Å²) in [5.41, 5.74) is 6.30. The molecule has 2 aromatic rings. The molecule has 2 aromatic carbocycles. The molecular formula is C28H32F2Zr. The Morgan fingerprint density at radius 1 is 0.548 bits per heavy atom. The van der Waals surface area contributed by atoms with Crippen molar-refractivity contribution in [3.05, 3.63) is 114 Å².